The summed E-state index contributed by atoms with van der Waals surface area (Å²) in [6.45, 7) is 0.420. The third-order valence-corrected chi connectivity index (χ3v) is 2.63. The Morgan fingerprint density at radius 1 is 1.30 bits per heavy atom. The van der Waals surface area contributed by atoms with Crippen LogP contribution >= 0.6 is 0 Å². The molecule has 20 heavy (non-hydrogen) atoms. The maximum atomic E-state index is 11.8. The molecule has 0 unspecified atom stereocenters. The van der Waals surface area contributed by atoms with E-state index in [9.17, 15) is 4.79 Å². The van der Waals surface area contributed by atoms with Crippen molar-refractivity contribution >= 4 is 17.5 Å². The highest BCUT2D eigenvalue weighted by atomic mass is 16.5. The fourth-order valence-electron chi connectivity index (χ4n) is 1.60. The number of nitrogens with zero attached hydrogens (tertiary/aromatic N) is 1. The zero-order valence-corrected chi connectivity index (χ0v) is 11.1. The second-order valence-electron chi connectivity index (χ2n) is 4.07. The predicted octanol–water partition coefficient (Wildman–Crippen LogP) is 2.19. The van der Waals surface area contributed by atoms with Crippen molar-refractivity contribution in [3.8, 4) is 5.75 Å². The van der Waals surface area contributed by atoms with Crippen LogP contribution in [-0.2, 0) is 6.54 Å². The van der Waals surface area contributed by atoms with E-state index in [1.54, 1.807) is 43.6 Å². The number of carbonyl (C=O) groups excluding carboxylic acids is 1. The van der Waals surface area contributed by atoms with Crippen molar-refractivity contribution in [2.24, 2.45) is 5.73 Å². The van der Waals surface area contributed by atoms with Crippen LogP contribution in [0.1, 0.15) is 5.56 Å². The van der Waals surface area contributed by atoms with Crippen LogP contribution in [0.5, 0.6) is 5.75 Å². The minimum absolute atomic E-state index is 0.369. The molecule has 2 aromatic rings. The van der Waals surface area contributed by atoms with Gasteiger partial charge < -0.3 is 15.8 Å². The highest BCUT2D eigenvalue weighted by molar-refractivity contribution is 5.99. The lowest BCUT2D eigenvalue weighted by Gasteiger charge is -2.08. The number of pyridine rings is 1. The molecule has 0 saturated carbocycles. The summed E-state index contributed by atoms with van der Waals surface area (Å²) in [6, 6.07) is 10.2. The van der Waals surface area contributed by atoms with Crippen LogP contribution in [0.15, 0.2) is 42.6 Å². The molecule has 0 saturated heterocycles. The lowest BCUT2D eigenvalue weighted by Crippen LogP contribution is -2.20. The molecule has 2 amide bonds. The largest absolute Gasteiger partial charge is 0.497 e. The molecule has 1 aromatic heterocycles. The van der Waals surface area contributed by atoms with Crippen molar-refractivity contribution in [2.45, 2.75) is 6.54 Å². The minimum Gasteiger partial charge on any atom is -0.497 e. The van der Waals surface area contributed by atoms with Gasteiger partial charge >= 0.3 is 6.03 Å². The van der Waals surface area contributed by atoms with E-state index in [2.05, 4.69) is 15.6 Å². The molecule has 6 nitrogen and oxygen atoms in total. The van der Waals surface area contributed by atoms with Gasteiger partial charge in [-0.1, -0.05) is 12.1 Å². The number of aromatic nitrogens is 1. The zero-order chi connectivity index (χ0) is 14.4. The first kappa shape index (κ1) is 13.8. The van der Waals surface area contributed by atoms with Crippen LogP contribution in [0.25, 0.3) is 0 Å². The summed E-state index contributed by atoms with van der Waals surface area (Å²) < 4.78 is 5.08. The van der Waals surface area contributed by atoms with Crippen molar-refractivity contribution in [1.82, 2.24) is 4.98 Å². The molecular weight excluding hydrogens is 256 g/mol. The number of hydrogen-bond acceptors (Lipinski definition) is 4. The molecule has 0 atom stereocenters. The number of methoxy groups -OCH3 is 1. The van der Waals surface area contributed by atoms with Crippen molar-refractivity contribution in [3.63, 3.8) is 0 Å². The third-order valence-electron chi connectivity index (χ3n) is 2.63. The highest BCUT2D eigenvalue weighted by Gasteiger charge is 2.04. The van der Waals surface area contributed by atoms with E-state index >= 15 is 0 Å². The van der Waals surface area contributed by atoms with Crippen LogP contribution in [-0.4, -0.2) is 18.1 Å². The number of urea groups is 1. The van der Waals surface area contributed by atoms with E-state index < -0.39 is 0 Å². The summed E-state index contributed by atoms with van der Waals surface area (Å²) >= 11 is 0. The number of ether oxygens (including phenoxy) is 1. The van der Waals surface area contributed by atoms with Crippen molar-refractivity contribution in [2.75, 3.05) is 17.7 Å². The maximum Gasteiger partial charge on any atom is 0.324 e. The molecule has 104 valence electrons. The fourth-order valence-corrected chi connectivity index (χ4v) is 1.60. The summed E-state index contributed by atoms with van der Waals surface area (Å²) in [5.74, 6) is 1.14. The summed E-state index contributed by atoms with van der Waals surface area (Å²) in [5.41, 5.74) is 7.02. The standard InChI is InChI=1S/C14H16N4O2/c1-20-12-4-2-3-11(7-12)17-14(19)18-13-6-5-10(8-15)9-16-13/h2-7,9H,8,15H2,1H3,(H2,16,17,18,19). The first-order chi connectivity index (χ1) is 9.71. The number of hydrogen-bond donors (Lipinski definition) is 3. The van der Waals surface area contributed by atoms with Gasteiger partial charge in [-0.15, -0.1) is 0 Å². The Morgan fingerprint density at radius 2 is 2.15 bits per heavy atom. The van der Waals surface area contributed by atoms with Gasteiger partial charge in [0.1, 0.15) is 11.6 Å². The molecule has 0 aliphatic carbocycles. The zero-order valence-electron chi connectivity index (χ0n) is 11.1. The SMILES string of the molecule is COc1cccc(NC(=O)Nc2ccc(CN)cn2)c1. The molecule has 6 heteroatoms. The third kappa shape index (κ3) is 3.69. The van der Waals surface area contributed by atoms with E-state index in [0.29, 0.717) is 23.8 Å². The highest BCUT2D eigenvalue weighted by Crippen LogP contribution is 2.16. The molecular formula is C14H16N4O2. The van der Waals surface area contributed by atoms with E-state index in [1.165, 1.54) is 0 Å². The molecule has 4 N–H and O–H groups in total. The van der Waals surface area contributed by atoms with Crippen molar-refractivity contribution in [1.29, 1.82) is 0 Å². The lowest BCUT2D eigenvalue weighted by atomic mass is 10.3. The van der Waals surface area contributed by atoms with Gasteiger partial charge in [-0.3, -0.25) is 5.32 Å². The molecule has 0 aliphatic rings. The second kappa shape index (κ2) is 6.53. The van der Waals surface area contributed by atoms with Gasteiger partial charge in [-0.2, -0.15) is 0 Å². The summed E-state index contributed by atoms with van der Waals surface area (Å²) in [4.78, 5) is 15.9. The van der Waals surface area contributed by atoms with Gasteiger partial charge in [0.25, 0.3) is 0 Å². The number of rotatable bonds is 4. The Bertz CT molecular complexity index is 584. The Kier molecular flexibility index (Phi) is 4.52. The number of nitrogens with one attached hydrogen (secondary N) is 2. The average Bonchev–Trinajstić information content (AvgIpc) is 2.48. The average molecular weight is 272 g/mol. The topological polar surface area (TPSA) is 89.3 Å². The second-order valence-corrected chi connectivity index (χ2v) is 4.07. The van der Waals surface area contributed by atoms with Crippen LogP contribution in [0, 0.1) is 0 Å². The van der Waals surface area contributed by atoms with Gasteiger partial charge in [-0.05, 0) is 23.8 Å². The molecule has 2 rings (SSSR count). The smallest absolute Gasteiger partial charge is 0.324 e. The number of carbonyl (C=O) groups is 1. The van der Waals surface area contributed by atoms with Gasteiger partial charge in [0.2, 0.25) is 0 Å². The molecule has 0 aliphatic heterocycles. The monoisotopic (exact) mass is 272 g/mol. The first-order valence-electron chi connectivity index (χ1n) is 6.08. The molecule has 0 radical (unpaired) electrons. The molecule has 0 spiro atoms. The Morgan fingerprint density at radius 3 is 2.80 bits per heavy atom. The van der Waals surface area contributed by atoms with E-state index in [1.807, 2.05) is 6.07 Å². The van der Waals surface area contributed by atoms with Gasteiger partial charge in [-0.25, -0.2) is 9.78 Å². The lowest BCUT2D eigenvalue weighted by molar-refractivity contribution is 0.262. The summed E-state index contributed by atoms with van der Waals surface area (Å²) in [6.07, 6.45) is 1.63. The van der Waals surface area contributed by atoms with Crippen molar-refractivity contribution in [3.05, 3.63) is 48.2 Å². The van der Waals surface area contributed by atoms with E-state index in [4.69, 9.17) is 10.5 Å². The Hall–Kier alpha value is -2.60. The number of amides is 2. The van der Waals surface area contributed by atoms with Gasteiger partial charge in [0, 0.05) is 24.5 Å². The van der Waals surface area contributed by atoms with Crippen molar-refractivity contribution < 1.29 is 9.53 Å². The summed E-state index contributed by atoms with van der Waals surface area (Å²) in [5, 5.41) is 5.34. The Balaban J connectivity index is 1.97. The molecule has 0 bridgehead atoms. The minimum atomic E-state index is -0.369. The number of nitrogens with two attached hydrogens (primary N) is 1. The molecule has 1 heterocycles. The summed E-state index contributed by atoms with van der Waals surface area (Å²) in [7, 11) is 1.57. The fraction of sp³-hybridized carbons (Fsp3) is 0.143. The molecule has 1 aromatic carbocycles. The van der Waals surface area contributed by atoms with Crippen LogP contribution in [0.4, 0.5) is 16.3 Å². The van der Waals surface area contributed by atoms with E-state index in [-0.39, 0.29) is 6.03 Å². The van der Waals surface area contributed by atoms with Crippen LogP contribution in [0.2, 0.25) is 0 Å². The number of benzene rings is 1. The van der Waals surface area contributed by atoms with Gasteiger partial charge in [0.15, 0.2) is 0 Å². The Labute approximate surface area is 117 Å². The number of anilines is 2. The van der Waals surface area contributed by atoms with E-state index in [0.717, 1.165) is 5.56 Å². The molecule has 0 fully saturated rings. The van der Waals surface area contributed by atoms with Crippen LogP contribution in [0.3, 0.4) is 0 Å². The van der Waals surface area contributed by atoms with Gasteiger partial charge in [0.05, 0.1) is 7.11 Å². The predicted molar refractivity (Wildman–Crippen MR) is 77.8 cm³/mol. The normalized spacial score (nSPS) is 9.90. The quantitative estimate of drug-likeness (QED) is 0.796. The van der Waals surface area contributed by atoms with Crippen LogP contribution < -0.4 is 21.1 Å². The maximum absolute atomic E-state index is 11.8. The first-order valence-corrected chi connectivity index (χ1v) is 6.08.